The van der Waals surface area contributed by atoms with Crippen molar-refractivity contribution in [3.05, 3.63) is 0 Å². The standard InChI is InChI=1S/C11H22N2O3/c1-8(7-10(15)16)12-6-5-9(14)13-11(2,3)4/h8,12H,5-7H2,1-4H3,(H,13,14)(H,15,16). The number of hydrogen-bond acceptors (Lipinski definition) is 3. The Kier molecular flexibility index (Phi) is 6.03. The maximum atomic E-state index is 11.4. The maximum absolute atomic E-state index is 11.4. The van der Waals surface area contributed by atoms with Gasteiger partial charge in [0.15, 0.2) is 0 Å². The number of carboxylic acids is 1. The van der Waals surface area contributed by atoms with Crippen LogP contribution in [0.1, 0.15) is 40.5 Å². The fourth-order valence-electron chi connectivity index (χ4n) is 1.25. The van der Waals surface area contributed by atoms with Crippen molar-refractivity contribution in [1.82, 2.24) is 10.6 Å². The van der Waals surface area contributed by atoms with Crippen LogP contribution in [-0.4, -0.2) is 35.1 Å². The molecule has 0 aromatic rings. The van der Waals surface area contributed by atoms with Gasteiger partial charge >= 0.3 is 5.97 Å². The number of nitrogens with one attached hydrogen (secondary N) is 2. The van der Waals surface area contributed by atoms with E-state index in [0.717, 1.165) is 0 Å². The molecule has 0 aliphatic carbocycles. The number of rotatable bonds is 6. The highest BCUT2D eigenvalue weighted by Crippen LogP contribution is 1.99. The Hall–Kier alpha value is -1.10. The molecule has 3 N–H and O–H groups in total. The van der Waals surface area contributed by atoms with Gasteiger partial charge in [0.2, 0.25) is 5.91 Å². The van der Waals surface area contributed by atoms with Crippen molar-refractivity contribution >= 4 is 11.9 Å². The van der Waals surface area contributed by atoms with Gasteiger partial charge in [0.1, 0.15) is 0 Å². The lowest BCUT2D eigenvalue weighted by Gasteiger charge is -2.20. The molecular formula is C11H22N2O3. The Morgan fingerprint density at radius 1 is 1.31 bits per heavy atom. The Bertz CT molecular complexity index is 246. The minimum Gasteiger partial charge on any atom is -0.481 e. The van der Waals surface area contributed by atoms with Gasteiger partial charge in [-0.15, -0.1) is 0 Å². The molecule has 0 radical (unpaired) electrons. The van der Waals surface area contributed by atoms with E-state index in [0.29, 0.717) is 13.0 Å². The van der Waals surface area contributed by atoms with Crippen LogP contribution in [-0.2, 0) is 9.59 Å². The van der Waals surface area contributed by atoms with Crippen LogP contribution in [0.3, 0.4) is 0 Å². The third-order valence-electron chi connectivity index (χ3n) is 1.84. The summed E-state index contributed by atoms with van der Waals surface area (Å²) in [6.45, 7) is 8.05. The summed E-state index contributed by atoms with van der Waals surface area (Å²) < 4.78 is 0. The van der Waals surface area contributed by atoms with E-state index in [-0.39, 0.29) is 23.9 Å². The SMILES string of the molecule is CC(CC(=O)O)NCCC(=O)NC(C)(C)C. The summed E-state index contributed by atoms with van der Waals surface area (Å²) in [5.74, 6) is -0.860. The Balaban J connectivity index is 3.66. The molecule has 0 rings (SSSR count). The molecule has 16 heavy (non-hydrogen) atoms. The lowest BCUT2D eigenvalue weighted by molar-refractivity contribution is -0.137. The normalized spacial score (nSPS) is 13.2. The van der Waals surface area contributed by atoms with Crippen molar-refractivity contribution < 1.29 is 14.7 Å². The van der Waals surface area contributed by atoms with E-state index in [2.05, 4.69) is 10.6 Å². The van der Waals surface area contributed by atoms with E-state index in [9.17, 15) is 9.59 Å². The van der Waals surface area contributed by atoms with Crippen molar-refractivity contribution in [2.75, 3.05) is 6.54 Å². The van der Waals surface area contributed by atoms with Gasteiger partial charge in [0.05, 0.1) is 6.42 Å². The molecule has 0 heterocycles. The molecule has 0 spiro atoms. The van der Waals surface area contributed by atoms with Crippen LogP contribution < -0.4 is 10.6 Å². The molecule has 0 aromatic heterocycles. The van der Waals surface area contributed by atoms with Gasteiger partial charge in [-0.3, -0.25) is 9.59 Å². The largest absolute Gasteiger partial charge is 0.481 e. The van der Waals surface area contributed by atoms with Crippen molar-refractivity contribution in [1.29, 1.82) is 0 Å². The molecule has 0 aromatic carbocycles. The number of hydrogen-bond donors (Lipinski definition) is 3. The zero-order chi connectivity index (χ0) is 12.8. The molecule has 1 unspecified atom stereocenters. The number of carbonyl (C=O) groups excluding carboxylic acids is 1. The average molecular weight is 230 g/mol. The summed E-state index contributed by atoms with van der Waals surface area (Å²) in [5.41, 5.74) is -0.218. The first-order valence-electron chi connectivity index (χ1n) is 5.47. The third kappa shape index (κ3) is 9.45. The maximum Gasteiger partial charge on any atom is 0.304 e. The molecular weight excluding hydrogens is 208 g/mol. The van der Waals surface area contributed by atoms with E-state index < -0.39 is 5.97 Å². The lowest BCUT2D eigenvalue weighted by atomic mass is 10.1. The van der Waals surface area contributed by atoms with Crippen LogP contribution in [0, 0.1) is 0 Å². The molecule has 5 heteroatoms. The summed E-state index contributed by atoms with van der Waals surface area (Å²) in [4.78, 5) is 21.8. The van der Waals surface area contributed by atoms with Gasteiger partial charge in [0.25, 0.3) is 0 Å². The first-order chi connectivity index (χ1) is 7.20. The van der Waals surface area contributed by atoms with Crippen molar-refractivity contribution in [3.8, 4) is 0 Å². The summed E-state index contributed by atoms with van der Waals surface area (Å²) in [7, 11) is 0. The van der Waals surface area contributed by atoms with Crippen LogP contribution in [0.25, 0.3) is 0 Å². The van der Waals surface area contributed by atoms with Crippen LogP contribution in [0.4, 0.5) is 0 Å². The topological polar surface area (TPSA) is 78.4 Å². The van der Waals surface area contributed by atoms with Crippen LogP contribution >= 0.6 is 0 Å². The highest BCUT2D eigenvalue weighted by Gasteiger charge is 2.13. The summed E-state index contributed by atoms with van der Waals surface area (Å²) >= 11 is 0. The fraction of sp³-hybridized carbons (Fsp3) is 0.818. The Labute approximate surface area is 96.6 Å². The zero-order valence-electron chi connectivity index (χ0n) is 10.5. The number of carbonyl (C=O) groups is 2. The van der Waals surface area contributed by atoms with E-state index in [1.54, 1.807) is 6.92 Å². The van der Waals surface area contributed by atoms with Gasteiger partial charge in [-0.05, 0) is 27.7 Å². The molecule has 1 atom stereocenters. The van der Waals surface area contributed by atoms with Gasteiger partial charge in [-0.25, -0.2) is 0 Å². The number of aliphatic carboxylic acids is 1. The second-order valence-electron chi connectivity index (χ2n) is 5.00. The second kappa shape index (κ2) is 6.48. The van der Waals surface area contributed by atoms with Gasteiger partial charge in [-0.1, -0.05) is 0 Å². The summed E-state index contributed by atoms with van der Waals surface area (Å²) in [5, 5.41) is 14.4. The highest BCUT2D eigenvalue weighted by atomic mass is 16.4. The van der Waals surface area contributed by atoms with E-state index >= 15 is 0 Å². The molecule has 0 bridgehead atoms. The monoisotopic (exact) mass is 230 g/mol. The Morgan fingerprint density at radius 2 is 1.88 bits per heavy atom. The average Bonchev–Trinajstić information content (AvgIpc) is 1.98. The number of amides is 1. The predicted octanol–water partition coefficient (Wildman–Crippen LogP) is 0.744. The molecule has 5 nitrogen and oxygen atoms in total. The lowest BCUT2D eigenvalue weighted by Crippen LogP contribution is -2.42. The fourth-order valence-corrected chi connectivity index (χ4v) is 1.25. The van der Waals surface area contributed by atoms with E-state index in [4.69, 9.17) is 5.11 Å². The molecule has 0 aliphatic rings. The first kappa shape index (κ1) is 14.9. The van der Waals surface area contributed by atoms with E-state index in [1.165, 1.54) is 0 Å². The molecule has 0 saturated carbocycles. The molecule has 0 aliphatic heterocycles. The third-order valence-corrected chi connectivity index (χ3v) is 1.84. The zero-order valence-corrected chi connectivity index (χ0v) is 10.5. The van der Waals surface area contributed by atoms with Crippen molar-refractivity contribution in [2.45, 2.75) is 52.1 Å². The van der Waals surface area contributed by atoms with E-state index in [1.807, 2.05) is 20.8 Å². The second-order valence-corrected chi connectivity index (χ2v) is 5.00. The van der Waals surface area contributed by atoms with Gasteiger partial charge in [0, 0.05) is 24.5 Å². The van der Waals surface area contributed by atoms with Crippen LogP contribution in [0.2, 0.25) is 0 Å². The summed E-state index contributed by atoms with van der Waals surface area (Å²) in [6.07, 6.45) is 0.433. The van der Waals surface area contributed by atoms with Crippen LogP contribution in [0.5, 0.6) is 0 Å². The highest BCUT2D eigenvalue weighted by molar-refractivity contribution is 5.76. The van der Waals surface area contributed by atoms with Gasteiger partial charge < -0.3 is 15.7 Å². The molecule has 94 valence electrons. The molecule has 0 fully saturated rings. The minimum absolute atomic E-state index is 0.0254. The summed E-state index contributed by atoms with van der Waals surface area (Å²) in [6, 6.07) is -0.111. The Morgan fingerprint density at radius 3 is 2.31 bits per heavy atom. The van der Waals surface area contributed by atoms with Crippen LogP contribution in [0.15, 0.2) is 0 Å². The first-order valence-corrected chi connectivity index (χ1v) is 5.47. The smallest absolute Gasteiger partial charge is 0.304 e. The number of carboxylic acid groups (broad SMARTS) is 1. The van der Waals surface area contributed by atoms with Crippen molar-refractivity contribution in [3.63, 3.8) is 0 Å². The van der Waals surface area contributed by atoms with Gasteiger partial charge in [-0.2, -0.15) is 0 Å². The van der Waals surface area contributed by atoms with Crippen molar-refractivity contribution in [2.24, 2.45) is 0 Å². The minimum atomic E-state index is -0.834. The molecule has 1 amide bonds. The quantitative estimate of drug-likeness (QED) is 0.629. The molecule has 0 saturated heterocycles. The predicted molar refractivity (Wildman–Crippen MR) is 62.2 cm³/mol.